The molecule has 1 atom stereocenters. The Labute approximate surface area is 141 Å². The van der Waals surface area contributed by atoms with Crippen LogP contribution in [0.1, 0.15) is 61.7 Å². The maximum atomic E-state index is 12.6. The van der Waals surface area contributed by atoms with Gasteiger partial charge in [-0.05, 0) is 63.4 Å². The van der Waals surface area contributed by atoms with E-state index in [9.17, 15) is 14.4 Å². The molecule has 126 valence electrons. The number of ether oxygens (including phenoxy) is 1. The van der Waals surface area contributed by atoms with E-state index in [0.29, 0.717) is 11.1 Å². The van der Waals surface area contributed by atoms with Crippen molar-refractivity contribution in [2.24, 2.45) is 0 Å². The van der Waals surface area contributed by atoms with Crippen LogP contribution < -0.4 is 0 Å². The van der Waals surface area contributed by atoms with Crippen LogP contribution in [0.3, 0.4) is 0 Å². The van der Waals surface area contributed by atoms with Gasteiger partial charge < -0.3 is 9.72 Å². The molecule has 1 N–H and O–H groups in total. The third-order valence-corrected chi connectivity index (χ3v) is 4.07. The monoisotopic (exact) mass is 327 g/mol. The molecular formula is C19H21NO4. The molecule has 1 heterocycles. The summed E-state index contributed by atoms with van der Waals surface area (Å²) in [7, 11) is 0. The SMILES string of the molecule is CC(=O)c1c[nH]c(C(=O)OC(C)C(=O)c2cc(C)c(C)cc2C)c1. The van der Waals surface area contributed by atoms with Crippen molar-refractivity contribution in [2.75, 3.05) is 0 Å². The first kappa shape index (κ1) is 17.7. The summed E-state index contributed by atoms with van der Waals surface area (Å²) >= 11 is 0. The van der Waals surface area contributed by atoms with Crippen LogP contribution in [0.4, 0.5) is 0 Å². The summed E-state index contributed by atoms with van der Waals surface area (Å²) in [6, 6.07) is 5.18. The Balaban J connectivity index is 2.15. The fourth-order valence-corrected chi connectivity index (χ4v) is 2.44. The Morgan fingerprint density at radius 2 is 1.62 bits per heavy atom. The van der Waals surface area contributed by atoms with E-state index in [1.807, 2.05) is 32.9 Å². The molecule has 0 spiro atoms. The van der Waals surface area contributed by atoms with Crippen LogP contribution in [0.15, 0.2) is 24.4 Å². The van der Waals surface area contributed by atoms with Gasteiger partial charge in [-0.1, -0.05) is 6.07 Å². The van der Waals surface area contributed by atoms with Crippen molar-refractivity contribution < 1.29 is 19.1 Å². The van der Waals surface area contributed by atoms with E-state index in [1.165, 1.54) is 19.2 Å². The summed E-state index contributed by atoms with van der Waals surface area (Å²) in [5.41, 5.74) is 4.07. The highest BCUT2D eigenvalue weighted by molar-refractivity contribution is 6.03. The number of carbonyl (C=O) groups is 3. The second-order valence-corrected chi connectivity index (χ2v) is 6.02. The van der Waals surface area contributed by atoms with Gasteiger partial charge in [-0.2, -0.15) is 0 Å². The second kappa shape index (κ2) is 6.83. The number of esters is 1. The lowest BCUT2D eigenvalue weighted by Crippen LogP contribution is -2.25. The van der Waals surface area contributed by atoms with Gasteiger partial charge in [0.1, 0.15) is 5.69 Å². The predicted molar refractivity (Wildman–Crippen MR) is 90.7 cm³/mol. The molecule has 5 heteroatoms. The van der Waals surface area contributed by atoms with Crippen molar-refractivity contribution in [1.82, 2.24) is 4.98 Å². The van der Waals surface area contributed by atoms with Crippen molar-refractivity contribution in [1.29, 1.82) is 0 Å². The number of Topliss-reactive ketones (excluding diaryl/α,β-unsaturated/α-hetero) is 2. The topological polar surface area (TPSA) is 76.2 Å². The fourth-order valence-electron chi connectivity index (χ4n) is 2.44. The molecule has 1 unspecified atom stereocenters. The van der Waals surface area contributed by atoms with Gasteiger partial charge in [0.15, 0.2) is 11.9 Å². The lowest BCUT2D eigenvalue weighted by atomic mass is 9.96. The molecule has 0 radical (unpaired) electrons. The number of hydrogen-bond acceptors (Lipinski definition) is 4. The lowest BCUT2D eigenvalue weighted by Gasteiger charge is -2.14. The average molecular weight is 327 g/mol. The smallest absolute Gasteiger partial charge is 0.355 e. The minimum Gasteiger partial charge on any atom is -0.450 e. The Hall–Kier alpha value is -2.69. The number of aromatic amines is 1. The Morgan fingerprint density at radius 3 is 2.21 bits per heavy atom. The Kier molecular flexibility index (Phi) is 5.02. The lowest BCUT2D eigenvalue weighted by molar-refractivity contribution is 0.0313. The molecule has 24 heavy (non-hydrogen) atoms. The molecule has 2 aromatic rings. The molecule has 5 nitrogen and oxygen atoms in total. The molecule has 1 aromatic carbocycles. The van der Waals surface area contributed by atoms with Gasteiger partial charge in [-0.15, -0.1) is 0 Å². The average Bonchev–Trinajstić information content (AvgIpc) is 3.00. The summed E-state index contributed by atoms with van der Waals surface area (Å²) < 4.78 is 5.24. The number of nitrogens with one attached hydrogen (secondary N) is 1. The normalized spacial score (nSPS) is 11.9. The van der Waals surface area contributed by atoms with Crippen LogP contribution in [-0.2, 0) is 4.74 Å². The van der Waals surface area contributed by atoms with Crippen molar-refractivity contribution in [3.8, 4) is 0 Å². The summed E-state index contributed by atoms with van der Waals surface area (Å²) in [5, 5.41) is 0. The van der Waals surface area contributed by atoms with Crippen LogP contribution in [0.2, 0.25) is 0 Å². The summed E-state index contributed by atoms with van der Waals surface area (Å²) in [6.45, 7) is 8.73. The van der Waals surface area contributed by atoms with Gasteiger partial charge in [0, 0.05) is 17.3 Å². The van der Waals surface area contributed by atoms with E-state index in [2.05, 4.69) is 4.98 Å². The maximum absolute atomic E-state index is 12.6. The zero-order valence-corrected chi connectivity index (χ0v) is 14.5. The van der Waals surface area contributed by atoms with E-state index in [-0.39, 0.29) is 17.3 Å². The first-order valence-electron chi connectivity index (χ1n) is 7.73. The molecular weight excluding hydrogens is 306 g/mol. The second-order valence-electron chi connectivity index (χ2n) is 6.02. The first-order chi connectivity index (χ1) is 11.2. The summed E-state index contributed by atoms with van der Waals surface area (Å²) in [6.07, 6.45) is 0.529. The van der Waals surface area contributed by atoms with Gasteiger partial charge in [0.25, 0.3) is 0 Å². The minimum absolute atomic E-state index is 0.150. The first-order valence-corrected chi connectivity index (χ1v) is 7.73. The van der Waals surface area contributed by atoms with Crippen LogP contribution in [-0.4, -0.2) is 28.6 Å². The number of carbonyl (C=O) groups excluding carboxylic acids is 3. The molecule has 0 aliphatic rings. The predicted octanol–water partition coefficient (Wildman–Crippen LogP) is 3.57. The number of aromatic nitrogens is 1. The zero-order chi connectivity index (χ0) is 18.0. The van der Waals surface area contributed by atoms with Gasteiger partial charge in [-0.25, -0.2) is 4.79 Å². The zero-order valence-electron chi connectivity index (χ0n) is 14.5. The van der Waals surface area contributed by atoms with Gasteiger partial charge in [0.2, 0.25) is 5.78 Å². The van der Waals surface area contributed by atoms with Gasteiger partial charge in [-0.3, -0.25) is 9.59 Å². The molecule has 0 saturated heterocycles. The molecule has 1 aromatic heterocycles. The van der Waals surface area contributed by atoms with E-state index >= 15 is 0 Å². The Bertz CT molecular complexity index is 817. The van der Waals surface area contributed by atoms with Crippen LogP contribution >= 0.6 is 0 Å². The molecule has 0 bridgehead atoms. The standard InChI is InChI=1S/C19H21NO4/c1-10-6-12(3)16(7-11(10)2)18(22)14(5)24-19(23)17-8-15(9-20-17)13(4)21/h6-9,14,20H,1-5H3. The van der Waals surface area contributed by atoms with E-state index < -0.39 is 12.1 Å². The van der Waals surface area contributed by atoms with Crippen LogP contribution in [0.5, 0.6) is 0 Å². The van der Waals surface area contributed by atoms with Crippen molar-refractivity contribution in [2.45, 2.75) is 40.7 Å². The number of aryl methyl sites for hydroxylation is 3. The molecule has 0 amide bonds. The van der Waals surface area contributed by atoms with Crippen molar-refractivity contribution in [3.05, 3.63) is 57.9 Å². The minimum atomic E-state index is -0.914. The van der Waals surface area contributed by atoms with Crippen molar-refractivity contribution in [3.63, 3.8) is 0 Å². The molecule has 0 aliphatic carbocycles. The number of hydrogen-bond donors (Lipinski definition) is 1. The third kappa shape index (κ3) is 3.62. The van der Waals surface area contributed by atoms with Gasteiger partial charge >= 0.3 is 5.97 Å². The summed E-state index contributed by atoms with van der Waals surface area (Å²) in [5.74, 6) is -1.06. The van der Waals surface area contributed by atoms with E-state index in [4.69, 9.17) is 4.74 Å². The quantitative estimate of drug-likeness (QED) is 0.673. The van der Waals surface area contributed by atoms with E-state index in [0.717, 1.165) is 16.7 Å². The fraction of sp³-hybridized carbons (Fsp3) is 0.316. The highest BCUT2D eigenvalue weighted by Crippen LogP contribution is 2.18. The molecule has 0 saturated carbocycles. The van der Waals surface area contributed by atoms with E-state index in [1.54, 1.807) is 6.92 Å². The van der Waals surface area contributed by atoms with Crippen LogP contribution in [0, 0.1) is 20.8 Å². The number of ketones is 2. The van der Waals surface area contributed by atoms with Gasteiger partial charge in [0.05, 0.1) is 0 Å². The number of benzene rings is 1. The molecule has 0 aliphatic heterocycles. The largest absolute Gasteiger partial charge is 0.450 e. The van der Waals surface area contributed by atoms with Crippen LogP contribution in [0.25, 0.3) is 0 Å². The Morgan fingerprint density at radius 1 is 1.00 bits per heavy atom. The highest BCUT2D eigenvalue weighted by atomic mass is 16.5. The molecule has 2 rings (SSSR count). The third-order valence-electron chi connectivity index (χ3n) is 4.07. The maximum Gasteiger partial charge on any atom is 0.355 e. The highest BCUT2D eigenvalue weighted by Gasteiger charge is 2.23. The van der Waals surface area contributed by atoms with Crippen molar-refractivity contribution >= 4 is 17.5 Å². The number of H-pyrrole nitrogens is 1. The summed E-state index contributed by atoms with van der Waals surface area (Å²) in [4.78, 5) is 38.6. The number of rotatable bonds is 5. The molecule has 0 fully saturated rings.